The van der Waals surface area contributed by atoms with Crippen molar-refractivity contribution in [1.29, 1.82) is 0 Å². The van der Waals surface area contributed by atoms with Crippen molar-refractivity contribution in [3.63, 3.8) is 0 Å². The van der Waals surface area contributed by atoms with Crippen LogP contribution in [0.4, 0.5) is 15.9 Å². The number of amides is 1. The first-order valence-corrected chi connectivity index (χ1v) is 8.29. The lowest BCUT2D eigenvalue weighted by molar-refractivity contribution is 0.102. The van der Waals surface area contributed by atoms with Crippen molar-refractivity contribution < 1.29 is 9.18 Å². The largest absolute Gasteiger partial charge is 0.366 e. The van der Waals surface area contributed by atoms with E-state index in [1.165, 1.54) is 12.1 Å². The molecule has 1 heterocycles. The summed E-state index contributed by atoms with van der Waals surface area (Å²) >= 11 is 6.06. The Morgan fingerprint density at radius 1 is 1.12 bits per heavy atom. The van der Waals surface area contributed by atoms with Crippen molar-refractivity contribution in [3.05, 3.63) is 82.5 Å². The molecule has 1 amide bonds. The first-order valence-electron chi connectivity index (χ1n) is 7.92. The predicted molar refractivity (Wildman–Crippen MR) is 99.9 cm³/mol. The zero-order chi connectivity index (χ0) is 18.5. The number of nitrogens with one attached hydrogen (secondary N) is 2. The molecule has 7 heteroatoms. The van der Waals surface area contributed by atoms with Gasteiger partial charge in [0.25, 0.3) is 5.91 Å². The van der Waals surface area contributed by atoms with Crippen molar-refractivity contribution in [1.82, 2.24) is 9.97 Å². The Morgan fingerprint density at radius 3 is 2.62 bits per heavy atom. The molecule has 26 heavy (non-hydrogen) atoms. The van der Waals surface area contributed by atoms with E-state index in [0.29, 0.717) is 27.9 Å². The van der Waals surface area contributed by atoms with Crippen LogP contribution in [0, 0.1) is 12.7 Å². The Balaban J connectivity index is 1.76. The van der Waals surface area contributed by atoms with Crippen LogP contribution < -0.4 is 10.6 Å². The molecule has 3 rings (SSSR count). The lowest BCUT2D eigenvalue weighted by Crippen LogP contribution is -2.16. The van der Waals surface area contributed by atoms with E-state index in [-0.39, 0.29) is 18.1 Å². The SMILES string of the molecule is Cc1nc(NCc2ccccc2F)cc(C(=O)Nc2ccccc2Cl)n1. The fraction of sp³-hybridized carbons (Fsp3) is 0.105. The summed E-state index contributed by atoms with van der Waals surface area (Å²) in [7, 11) is 0. The van der Waals surface area contributed by atoms with Gasteiger partial charge in [-0.1, -0.05) is 41.9 Å². The van der Waals surface area contributed by atoms with Crippen LogP contribution in [0.25, 0.3) is 0 Å². The topological polar surface area (TPSA) is 66.9 Å². The van der Waals surface area contributed by atoms with E-state index in [2.05, 4.69) is 20.6 Å². The third-order valence-electron chi connectivity index (χ3n) is 3.61. The van der Waals surface area contributed by atoms with Gasteiger partial charge in [-0.3, -0.25) is 4.79 Å². The standard InChI is InChI=1S/C19H16ClFN4O/c1-12-23-17(19(26)25-16-9-5-3-7-14(16)20)10-18(24-12)22-11-13-6-2-4-8-15(13)21/h2-10H,11H2,1H3,(H,25,26)(H,22,23,24). The van der Waals surface area contributed by atoms with Gasteiger partial charge in [0, 0.05) is 18.2 Å². The van der Waals surface area contributed by atoms with Crippen molar-refractivity contribution in [2.24, 2.45) is 0 Å². The van der Waals surface area contributed by atoms with E-state index in [1.807, 2.05) is 0 Å². The van der Waals surface area contributed by atoms with Crippen molar-refractivity contribution in [3.8, 4) is 0 Å². The molecule has 0 radical (unpaired) electrons. The average Bonchev–Trinajstić information content (AvgIpc) is 2.62. The predicted octanol–water partition coefficient (Wildman–Crippen LogP) is 4.44. The maximum absolute atomic E-state index is 13.7. The van der Waals surface area contributed by atoms with Crippen molar-refractivity contribution in [2.45, 2.75) is 13.5 Å². The monoisotopic (exact) mass is 370 g/mol. The van der Waals surface area contributed by atoms with Crippen LogP contribution >= 0.6 is 11.6 Å². The molecule has 0 bridgehead atoms. The highest BCUT2D eigenvalue weighted by Crippen LogP contribution is 2.21. The highest BCUT2D eigenvalue weighted by molar-refractivity contribution is 6.33. The maximum atomic E-state index is 13.7. The highest BCUT2D eigenvalue weighted by atomic mass is 35.5. The summed E-state index contributed by atoms with van der Waals surface area (Å²) in [6, 6.07) is 14.9. The second-order valence-electron chi connectivity index (χ2n) is 5.56. The summed E-state index contributed by atoms with van der Waals surface area (Å²) < 4.78 is 13.7. The Hall–Kier alpha value is -2.99. The number of anilines is 2. The van der Waals surface area contributed by atoms with Crippen molar-refractivity contribution in [2.75, 3.05) is 10.6 Å². The number of nitrogens with zero attached hydrogens (tertiary/aromatic N) is 2. The van der Waals surface area contributed by atoms with E-state index in [1.54, 1.807) is 49.4 Å². The minimum atomic E-state index is -0.405. The molecule has 0 unspecified atom stereocenters. The molecule has 1 aromatic heterocycles. The van der Waals surface area contributed by atoms with Crippen LogP contribution in [-0.4, -0.2) is 15.9 Å². The molecule has 0 aliphatic rings. The molecular formula is C19H16ClFN4O. The molecule has 0 fully saturated rings. The van der Waals surface area contributed by atoms with Crippen LogP contribution in [0.2, 0.25) is 5.02 Å². The van der Waals surface area contributed by atoms with Gasteiger partial charge in [-0.2, -0.15) is 0 Å². The number of hydrogen-bond donors (Lipinski definition) is 2. The van der Waals surface area contributed by atoms with Gasteiger partial charge in [0.1, 0.15) is 23.2 Å². The van der Waals surface area contributed by atoms with Gasteiger partial charge in [0.05, 0.1) is 10.7 Å². The number of carbonyl (C=O) groups excluding carboxylic acids is 1. The molecule has 3 aromatic rings. The van der Waals surface area contributed by atoms with E-state index in [0.717, 1.165) is 0 Å². The molecule has 5 nitrogen and oxygen atoms in total. The fourth-order valence-electron chi connectivity index (χ4n) is 2.35. The zero-order valence-corrected chi connectivity index (χ0v) is 14.7. The Morgan fingerprint density at radius 2 is 1.85 bits per heavy atom. The number of hydrogen-bond acceptors (Lipinski definition) is 4. The second kappa shape index (κ2) is 7.93. The molecule has 0 aliphatic heterocycles. The average molecular weight is 371 g/mol. The highest BCUT2D eigenvalue weighted by Gasteiger charge is 2.12. The number of carbonyl (C=O) groups is 1. The molecule has 2 N–H and O–H groups in total. The van der Waals surface area contributed by atoms with Gasteiger partial charge in [-0.15, -0.1) is 0 Å². The Bertz CT molecular complexity index is 948. The molecular weight excluding hydrogens is 355 g/mol. The van der Waals surface area contributed by atoms with Gasteiger partial charge in [-0.05, 0) is 25.1 Å². The van der Waals surface area contributed by atoms with E-state index in [9.17, 15) is 9.18 Å². The molecule has 2 aromatic carbocycles. The van der Waals surface area contributed by atoms with Gasteiger partial charge in [-0.25, -0.2) is 14.4 Å². The van der Waals surface area contributed by atoms with Crippen LogP contribution in [0.3, 0.4) is 0 Å². The van der Waals surface area contributed by atoms with Crippen molar-refractivity contribution >= 4 is 29.0 Å². The number of para-hydroxylation sites is 1. The summed E-state index contributed by atoms with van der Waals surface area (Å²) in [6.07, 6.45) is 0. The van der Waals surface area contributed by atoms with Gasteiger partial charge in [0.15, 0.2) is 0 Å². The minimum absolute atomic E-state index is 0.188. The number of halogens is 2. The fourth-order valence-corrected chi connectivity index (χ4v) is 2.53. The first kappa shape index (κ1) is 17.8. The number of benzene rings is 2. The smallest absolute Gasteiger partial charge is 0.274 e. The van der Waals surface area contributed by atoms with E-state index >= 15 is 0 Å². The van der Waals surface area contributed by atoms with Crippen LogP contribution in [0.15, 0.2) is 54.6 Å². The first-order chi connectivity index (χ1) is 12.5. The molecule has 0 saturated carbocycles. The maximum Gasteiger partial charge on any atom is 0.274 e. The summed E-state index contributed by atoms with van der Waals surface area (Å²) in [4.78, 5) is 20.8. The lowest BCUT2D eigenvalue weighted by Gasteiger charge is -2.10. The summed E-state index contributed by atoms with van der Waals surface area (Å²) in [5.41, 5.74) is 1.19. The summed E-state index contributed by atoms with van der Waals surface area (Å²) in [6.45, 7) is 1.93. The van der Waals surface area contributed by atoms with Crippen LogP contribution in [-0.2, 0) is 6.54 Å². The molecule has 0 saturated heterocycles. The third-order valence-corrected chi connectivity index (χ3v) is 3.94. The van der Waals surface area contributed by atoms with Gasteiger partial charge < -0.3 is 10.6 Å². The Labute approximate surface area is 155 Å². The molecule has 132 valence electrons. The van der Waals surface area contributed by atoms with Gasteiger partial charge in [0.2, 0.25) is 0 Å². The van der Waals surface area contributed by atoms with E-state index in [4.69, 9.17) is 11.6 Å². The van der Waals surface area contributed by atoms with Crippen LogP contribution in [0.5, 0.6) is 0 Å². The molecule has 0 atom stereocenters. The van der Waals surface area contributed by atoms with E-state index < -0.39 is 5.91 Å². The Kier molecular flexibility index (Phi) is 5.43. The second-order valence-corrected chi connectivity index (χ2v) is 5.97. The number of rotatable bonds is 5. The summed E-state index contributed by atoms with van der Waals surface area (Å²) in [5.74, 6) is 0.151. The summed E-state index contributed by atoms with van der Waals surface area (Å²) in [5, 5.41) is 6.17. The van der Waals surface area contributed by atoms with Crippen LogP contribution in [0.1, 0.15) is 21.9 Å². The lowest BCUT2D eigenvalue weighted by atomic mass is 10.2. The van der Waals surface area contributed by atoms with Gasteiger partial charge >= 0.3 is 0 Å². The number of aromatic nitrogens is 2. The zero-order valence-electron chi connectivity index (χ0n) is 14.0. The third kappa shape index (κ3) is 4.34. The molecule has 0 aliphatic carbocycles. The number of aryl methyl sites for hydroxylation is 1. The quantitative estimate of drug-likeness (QED) is 0.696. The normalized spacial score (nSPS) is 10.4. The molecule has 0 spiro atoms. The minimum Gasteiger partial charge on any atom is -0.366 e.